The number of hydrazone groups is 1. The highest BCUT2D eigenvalue weighted by Crippen LogP contribution is 2.04. The maximum absolute atomic E-state index is 11.0. The lowest BCUT2D eigenvalue weighted by molar-refractivity contribution is -0.120. The molecule has 0 fully saturated rings. The van der Waals surface area contributed by atoms with Crippen LogP contribution in [0.25, 0.3) is 0 Å². The molecule has 3 N–H and O–H groups in total. The van der Waals surface area contributed by atoms with E-state index >= 15 is 0 Å². The summed E-state index contributed by atoms with van der Waals surface area (Å²) in [4.78, 5) is 14.9. The van der Waals surface area contributed by atoms with E-state index in [4.69, 9.17) is 5.73 Å². The molecule has 0 radical (unpaired) electrons. The minimum atomic E-state index is -0.608. The van der Waals surface area contributed by atoms with Crippen molar-refractivity contribution in [3.8, 4) is 0 Å². The van der Waals surface area contributed by atoms with Gasteiger partial charge >= 0.3 is 0 Å². The number of carbonyl (C=O) groups is 1. The number of hydrogen-bond acceptors (Lipinski definition) is 4. The molecule has 14 heavy (non-hydrogen) atoms. The minimum absolute atomic E-state index is 0.242. The zero-order valence-corrected chi connectivity index (χ0v) is 7.47. The summed E-state index contributed by atoms with van der Waals surface area (Å²) in [7, 11) is 0. The van der Waals surface area contributed by atoms with E-state index in [0.717, 1.165) is 5.56 Å². The van der Waals surface area contributed by atoms with Crippen molar-refractivity contribution in [2.75, 3.05) is 0 Å². The van der Waals surface area contributed by atoms with Crippen molar-refractivity contribution in [2.24, 2.45) is 10.8 Å². The zero-order valence-electron chi connectivity index (χ0n) is 7.47. The van der Waals surface area contributed by atoms with Crippen LogP contribution in [0.1, 0.15) is 5.56 Å². The van der Waals surface area contributed by atoms with Gasteiger partial charge < -0.3 is 5.73 Å². The third-order valence-corrected chi connectivity index (χ3v) is 2.09. The highest BCUT2D eigenvalue weighted by Gasteiger charge is 2.25. The Labute approximate surface area is 81.0 Å². The van der Waals surface area contributed by atoms with Gasteiger partial charge in [-0.05, 0) is 17.7 Å². The molecule has 1 aromatic rings. The molecular weight excluding hydrogens is 180 g/mol. The molecule has 1 aromatic heterocycles. The molecule has 5 heteroatoms. The van der Waals surface area contributed by atoms with Crippen molar-refractivity contribution >= 4 is 11.6 Å². The first-order chi connectivity index (χ1) is 6.77. The lowest BCUT2D eigenvalue weighted by Gasteiger charge is -2.03. The van der Waals surface area contributed by atoms with Gasteiger partial charge in [0.15, 0.2) is 0 Å². The first kappa shape index (κ1) is 8.83. The summed E-state index contributed by atoms with van der Waals surface area (Å²) in [5, 5.41) is 3.86. The van der Waals surface area contributed by atoms with E-state index in [1.54, 1.807) is 12.4 Å². The Morgan fingerprint density at radius 2 is 2.14 bits per heavy atom. The third kappa shape index (κ3) is 1.62. The maximum Gasteiger partial charge on any atom is 0.262 e. The molecule has 1 aliphatic rings. The predicted octanol–water partition coefficient (Wildman–Crippen LogP) is -0.563. The van der Waals surface area contributed by atoms with Gasteiger partial charge in [-0.1, -0.05) is 0 Å². The molecule has 72 valence electrons. The highest BCUT2D eigenvalue weighted by atomic mass is 16.2. The third-order valence-electron chi connectivity index (χ3n) is 2.09. The fourth-order valence-electron chi connectivity index (χ4n) is 1.28. The summed E-state index contributed by atoms with van der Waals surface area (Å²) in [5.41, 5.74) is 9.67. The van der Waals surface area contributed by atoms with Crippen LogP contribution in [0.2, 0.25) is 0 Å². The van der Waals surface area contributed by atoms with Crippen LogP contribution < -0.4 is 11.2 Å². The average molecular weight is 190 g/mol. The monoisotopic (exact) mass is 190 g/mol. The Bertz CT molecular complexity index is 374. The molecule has 2 heterocycles. The lowest BCUT2D eigenvalue weighted by atomic mass is 10.1. The summed E-state index contributed by atoms with van der Waals surface area (Å²) < 4.78 is 0. The van der Waals surface area contributed by atoms with E-state index in [-0.39, 0.29) is 5.91 Å². The standard InChI is InChI=1S/C9H10N4O/c10-8-7(12-13-9(8)14)5-6-1-3-11-4-2-6/h1-4,8H,5,10H2,(H,13,14). The molecule has 1 aliphatic heterocycles. The SMILES string of the molecule is NC1C(=O)NN=C1Cc1ccncc1. The first-order valence-electron chi connectivity index (χ1n) is 4.28. The number of nitrogens with two attached hydrogens (primary N) is 1. The molecule has 0 saturated carbocycles. The van der Waals surface area contributed by atoms with Gasteiger partial charge in [-0.2, -0.15) is 5.10 Å². The fraction of sp³-hybridized carbons (Fsp3) is 0.222. The Morgan fingerprint density at radius 1 is 1.43 bits per heavy atom. The molecule has 0 aliphatic carbocycles. The van der Waals surface area contributed by atoms with Crippen molar-refractivity contribution < 1.29 is 4.79 Å². The molecule has 1 unspecified atom stereocenters. The second kappa shape index (κ2) is 3.55. The molecule has 1 atom stereocenters. The predicted molar refractivity (Wildman–Crippen MR) is 51.5 cm³/mol. The molecule has 0 bridgehead atoms. The maximum atomic E-state index is 11.0. The highest BCUT2D eigenvalue weighted by molar-refractivity contribution is 6.12. The van der Waals surface area contributed by atoms with Crippen LogP contribution >= 0.6 is 0 Å². The van der Waals surface area contributed by atoms with E-state index in [2.05, 4.69) is 15.5 Å². The van der Waals surface area contributed by atoms with Crippen LogP contribution in [-0.4, -0.2) is 22.6 Å². The van der Waals surface area contributed by atoms with Crippen molar-refractivity contribution in [3.63, 3.8) is 0 Å². The summed E-state index contributed by atoms with van der Waals surface area (Å²) >= 11 is 0. The van der Waals surface area contributed by atoms with Crippen LogP contribution in [0, 0.1) is 0 Å². The van der Waals surface area contributed by atoms with Crippen LogP contribution in [0.5, 0.6) is 0 Å². The molecular formula is C9H10N4O. The minimum Gasteiger partial charge on any atom is -0.315 e. The average Bonchev–Trinajstić information content (AvgIpc) is 2.52. The smallest absolute Gasteiger partial charge is 0.262 e. The van der Waals surface area contributed by atoms with Gasteiger partial charge in [-0.25, -0.2) is 5.43 Å². The van der Waals surface area contributed by atoms with E-state index in [9.17, 15) is 4.79 Å². The number of nitrogens with zero attached hydrogens (tertiary/aromatic N) is 2. The first-order valence-corrected chi connectivity index (χ1v) is 4.28. The van der Waals surface area contributed by atoms with Gasteiger partial charge in [0.1, 0.15) is 6.04 Å². The largest absolute Gasteiger partial charge is 0.315 e. The summed E-state index contributed by atoms with van der Waals surface area (Å²) in [6.07, 6.45) is 3.99. The molecule has 0 saturated heterocycles. The van der Waals surface area contributed by atoms with Crippen molar-refractivity contribution in [2.45, 2.75) is 12.5 Å². The van der Waals surface area contributed by atoms with Crippen molar-refractivity contribution in [1.82, 2.24) is 10.4 Å². The van der Waals surface area contributed by atoms with Crippen molar-refractivity contribution in [3.05, 3.63) is 30.1 Å². The van der Waals surface area contributed by atoms with Gasteiger partial charge in [0, 0.05) is 18.8 Å². The van der Waals surface area contributed by atoms with Gasteiger partial charge in [-0.3, -0.25) is 9.78 Å². The van der Waals surface area contributed by atoms with Crippen LogP contribution in [-0.2, 0) is 11.2 Å². The van der Waals surface area contributed by atoms with Crippen molar-refractivity contribution in [1.29, 1.82) is 0 Å². The summed E-state index contributed by atoms with van der Waals surface area (Å²) in [6, 6.07) is 3.14. The quantitative estimate of drug-likeness (QED) is 0.655. The molecule has 5 nitrogen and oxygen atoms in total. The summed E-state index contributed by atoms with van der Waals surface area (Å²) in [6.45, 7) is 0. The molecule has 0 spiro atoms. The van der Waals surface area contributed by atoms with Crippen LogP contribution in [0.15, 0.2) is 29.6 Å². The van der Waals surface area contributed by atoms with E-state index < -0.39 is 6.04 Å². The number of pyridine rings is 1. The van der Waals surface area contributed by atoms with Gasteiger partial charge in [0.05, 0.1) is 5.71 Å². The summed E-state index contributed by atoms with van der Waals surface area (Å²) in [5.74, 6) is -0.242. The van der Waals surface area contributed by atoms with E-state index in [1.807, 2.05) is 12.1 Å². The zero-order chi connectivity index (χ0) is 9.97. The fourth-order valence-corrected chi connectivity index (χ4v) is 1.28. The van der Waals surface area contributed by atoms with Gasteiger partial charge in [0.25, 0.3) is 5.91 Å². The number of rotatable bonds is 2. The Kier molecular flexibility index (Phi) is 2.24. The molecule has 2 rings (SSSR count). The lowest BCUT2D eigenvalue weighted by Crippen LogP contribution is -2.38. The second-order valence-electron chi connectivity index (χ2n) is 3.09. The Hall–Kier alpha value is -1.75. The normalized spacial score (nSPS) is 20.5. The number of aromatic nitrogens is 1. The van der Waals surface area contributed by atoms with Gasteiger partial charge in [-0.15, -0.1) is 0 Å². The van der Waals surface area contributed by atoms with Crippen LogP contribution in [0.3, 0.4) is 0 Å². The molecule has 0 aromatic carbocycles. The second-order valence-corrected chi connectivity index (χ2v) is 3.09. The Balaban J connectivity index is 2.10. The molecule has 1 amide bonds. The topological polar surface area (TPSA) is 80.4 Å². The number of amides is 1. The number of carbonyl (C=O) groups excluding carboxylic acids is 1. The van der Waals surface area contributed by atoms with E-state index in [1.165, 1.54) is 0 Å². The van der Waals surface area contributed by atoms with Gasteiger partial charge in [0.2, 0.25) is 0 Å². The van der Waals surface area contributed by atoms with Crippen LogP contribution in [0.4, 0.5) is 0 Å². The Morgan fingerprint density at radius 3 is 2.71 bits per heavy atom. The number of nitrogens with one attached hydrogen (secondary N) is 1. The number of hydrogen-bond donors (Lipinski definition) is 2. The van der Waals surface area contributed by atoms with E-state index in [0.29, 0.717) is 12.1 Å².